The molecule has 0 aliphatic carbocycles. The van der Waals surface area contributed by atoms with Crippen LogP contribution in [0.1, 0.15) is 27.2 Å². The van der Waals surface area contributed by atoms with Gasteiger partial charge >= 0.3 is 6.09 Å². The average Bonchev–Trinajstić information content (AvgIpc) is 1.81. The van der Waals surface area contributed by atoms with Gasteiger partial charge in [0.25, 0.3) is 0 Å². The molecule has 0 atom stereocenters. The number of ether oxygens (including phenoxy) is 1. The third kappa shape index (κ3) is 5.95. The fourth-order valence-corrected chi connectivity index (χ4v) is 0.923. The summed E-state index contributed by atoms with van der Waals surface area (Å²) < 4.78 is 4.66. The van der Waals surface area contributed by atoms with Crippen molar-refractivity contribution >= 4 is 12.0 Å². The fourth-order valence-electron chi connectivity index (χ4n) is 0.923. The smallest absolute Gasteiger partial charge is 0.407 e. The summed E-state index contributed by atoms with van der Waals surface area (Å²) in [6, 6.07) is 0. The van der Waals surface area contributed by atoms with E-state index in [1.54, 1.807) is 20.8 Å². The fraction of sp³-hybridized carbons (Fsp3) is 0.750. The maximum atomic E-state index is 11.0. The highest BCUT2D eigenvalue weighted by Crippen LogP contribution is 2.07. The standard InChI is InChI=1S/C8H16N2O3/c1-4-13-7(12)10-8(2,3)5-6(9)11/h4-5H2,1-3H3,(H2,9,11)(H,10,12). The van der Waals surface area contributed by atoms with Crippen molar-refractivity contribution in [2.45, 2.75) is 32.7 Å². The highest BCUT2D eigenvalue weighted by molar-refractivity contribution is 5.76. The normalized spacial score (nSPS) is 10.7. The predicted octanol–water partition coefficient (Wildman–Crippen LogP) is 0.387. The van der Waals surface area contributed by atoms with Crippen LogP contribution < -0.4 is 11.1 Å². The molecule has 5 heteroatoms. The van der Waals surface area contributed by atoms with Crippen molar-refractivity contribution in [3.05, 3.63) is 0 Å². The Balaban J connectivity index is 4.00. The number of hydrogen-bond donors (Lipinski definition) is 2. The van der Waals surface area contributed by atoms with Crippen LogP contribution in [0, 0.1) is 0 Å². The van der Waals surface area contributed by atoms with E-state index in [1.807, 2.05) is 0 Å². The molecule has 0 radical (unpaired) electrons. The van der Waals surface area contributed by atoms with Gasteiger partial charge in [-0.15, -0.1) is 0 Å². The molecule has 3 N–H and O–H groups in total. The number of alkyl carbamates (subject to hydrolysis) is 1. The van der Waals surface area contributed by atoms with Crippen LogP contribution in [0.25, 0.3) is 0 Å². The Morgan fingerprint density at radius 2 is 2.00 bits per heavy atom. The first-order valence-electron chi connectivity index (χ1n) is 4.10. The number of nitrogens with two attached hydrogens (primary N) is 1. The first-order chi connectivity index (χ1) is 5.87. The number of amides is 2. The van der Waals surface area contributed by atoms with Gasteiger partial charge in [0.15, 0.2) is 0 Å². The van der Waals surface area contributed by atoms with E-state index in [0.717, 1.165) is 0 Å². The van der Waals surface area contributed by atoms with Crippen molar-refractivity contribution < 1.29 is 14.3 Å². The minimum absolute atomic E-state index is 0.0891. The molecule has 0 fully saturated rings. The highest BCUT2D eigenvalue weighted by Gasteiger charge is 2.23. The number of hydrogen-bond acceptors (Lipinski definition) is 3. The molecule has 0 saturated carbocycles. The average molecular weight is 188 g/mol. The van der Waals surface area contributed by atoms with E-state index in [9.17, 15) is 9.59 Å². The predicted molar refractivity (Wildman–Crippen MR) is 48.0 cm³/mol. The monoisotopic (exact) mass is 188 g/mol. The second-order valence-corrected chi connectivity index (χ2v) is 3.37. The quantitative estimate of drug-likeness (QED) is 0.669. The first-order valence-corrected chi connectivity index (χ1v) is 4.10. The number of nitrogens with one attached hydrogen (secondary N) is 1. The molecule has 13 heavy (non-hydrogen) atoms. The summed E-state index contributed by atoms with van der Waals surface area (Å²) in [5.74, 6) is -0.457. The lowest BCUT2D eigenvalue weighted by Crippen LogP contribution is -2.46. The number of primary amides is 1. The van der Waals surface area contributed by atoms with E-state index in [2.05, 4.69) is 10.1 Å². The van der Waals surface area contributed by atoms with Crippen LogP contribution in [0.5, 0.6) is 0 Å². The Labute approximate surface area is 77.6 Å². The van der Waals surface area contributed by atoms with Gasteiger partial charge in [-0.05, 0) is 20.8 Å². The van der Waals surface area contributed by atoms with Gasteiger partial charge in [-0.25, -0.2) is 4.79 Å². The molecule has 5 nitrogen and oxygen atoms in total. The van der Waals surface area contributed by atoms with Crippen molar-refractivity contribution in [2.75, 3.05) is 6.61 Å². The summed E-state index contributed by atoms with van der Waals surface area (Å²) in [4.78, 5) is 21.5. The molecule has 2 amide bonds. The van der Waals surface area contributed by atoms with E-state index in [0.29, 0.717) is 6.61 Å². The van der Waals surface area contributed by atoms with E-state index in [1.165, 1.54) is 0 Å². The molecule has 0 unspecified atom stereocenters. The zero-order valence-electron chi connectivity index (χ0n) is 8.22. The lowest BCUT2D eigenvalue weighted by atomic mass is 10.0. The van der Waals surface area contributed by atoms with E-state index < -0.39 is 17.5 Å². The van der Waals surface area contributed by atoms with Crippen molar-refractivity contribution in [3.63, 3.8) is 0 Å². The summed E-state index contributed by atoms with van der Waals surface area (Å²) in [5, 5.41) is 2.53. The molecular formula is C8H16N2O3. The van der Waals surface area contributed by atoms with Gasteiger partial charge in [0, 0.05) is 12.0 Å². The number of carbonyl (C=O) groups is 2. The Bertz CT molecular complexity index is 202. The summed E-state index contributed by atoms with van der Waals surface area (Å²) in [6.07, 6.45) is -0.444. The van der Waals surface area contributed by atoms with Crippen LogP contribution in [-0.4, -0.2) is 24.1 Å². The van der Waals surface area contributed by atoms with Gasteiger partial charge in [0.05, 0.1) is 6.61 Å². The zero-order valence-corrected chi connectivity index (χ0v) is 8.22. The molecule has 0 saturated heterocycles. The van der Waals surface area contributed by atoms with Crippen LogP contribution in [0.4, 0.5) is 4.79 Å². The Kier molecular flexibility index (Phi) is 4.23. The lowest BCUT2D eigenvalue weighted by molar-refractivity contribution is -0.119. The minimum atomic E-state index is -0.655. The molecule has 76 valence electrons. The van der Waals surface area contributed by atoms with Gasteiger partial charge in [0.1, 0.15) is 0 Å². The van der Waals surface area contributed by atoms with Crippen LogP contribution in [0.15, 0.2) is 0 Å². The van der Waals surface area contributed by atoms with Gasteiger partial charge in [-0.1, -0.05) is 0 Å². The third-order valence-corrected chi connectivity index (χ3v) is 1.33. The largest absolute Gasteiger partial charge is 0.450 e. The van der Waals surface area contributed by atoms with Gasteiger partial charge < -0.3 is 15.8 Å². The molecule has 0 spiro atoms. The summed E-state index contributed by atoms with van der Waals surface area (Å²) in [7, 11) is 0. The topological polar surface area (TPSA) is 81.4 Å². The lowest BCUT2D eigenvalue weighted by Gasteiger charge is -2.23. The molecule has 0 aromatic heterocycles. The molecule has 0 bridgehead atoms. The van der Waals surface area contributed by atoms with Crippen LogP contribution >= 0.6 is 0 Å². The van der Waals surface area contributed by atoms with Crippen LogP contribution in [-0.2, 0) is 9.53 Å². The molecule has 0 aliphatic rings. The molecule has 0 aliphatic heterocycles. The third-order valence-electron chi connectivity index (χ3n) is 1.33. The molecular weight excluding hydrogens is 172 g/mol. The van der Waals surface area contributed by atoms with Crippen LogP contribution in [0.3, 0.4) is 0 Å². The SMILES string of the molecule is CCOC(=O)NC(C)(C)CC(N)=O. The maximum Gasteiger partial charge on any atom is 0.407 e. The first kappa shape index (κ1) is 11.7. The molecule has 0 aromatic carbocycles. The van der Waals surface area contributed by atoms with Crippen molar-refractivity contribution in [1.29, 1.82) is 0 Å². The van der Waals surface area contributed by atoms with Gasteiger partial charge in [-0.3, -0.25) is 4.79 Å². The van der Waals surface area contributed by atoms with Crippen LogP contribution in [0.2, 0.25) is 0 Å². The number of rotatable bonds is 4. The Morgan fingerprint density at radius 3 is 2.38 bits per heavy atom. The van der Waals surface area contributed by atoms with E-state index in [4.69, 9.17) is 5.73 Å². The molecule has 0 heterocycles. The minimum Gasteiger partial charge on any atom is -0.450 e. The van der Waals surface area contributed by atoms with Gasteiger partial charge in [0.2, 0.25) is 5.91 Å². The number of carbonyl (C=O) groups excluding carboxylic acids is 2. The Hall–Kier alpha value is -1.26. The van der Waals surface area contributed by atoms with E-state index >= 15 is 0 Å². The van der Waals surface area contributed by atoms with Gasteiger partial charge in [-0.2, -0.15) is 0 Å². The summed E-state index contributed by atoms with van der Waals surface area (Å²) in [5.41, 5.74) is 4.34. The molecule has 0 rings (SSSR count). The van der Waals surface area contributed by atoms with E-state index in [-0.39, 0.29) is 6.42 Å². The summed E-state index contributed by atoms with van der Waals surface area (Å²) >= 11 is 0. The van der Waals surface area contributed by atoms with Crippen molar-refractivity contribution in [1.82, 2.24) is 5.32 Å². The second kappa shape index (κ2) is 4.69. The molecule has 0 aromatic rings. The maximum absolute atomic E-state index is 11.0. The zero-order chi connectivity index (χ0) is 10.5. The summed E-state index contributed by atoms with van der Waals surface area (Å²) in [6.45, 7) is 5.42. The highest BCUT2D eigenvalue weighted by atomic mass is 16.5. The Morgan fingerprint density at radius 1 is 1.46 bits per heavy atom. The van der Waals surface area contributed by atoms with Crippen molar-refractivity contribution in [2.24, 2.45) is 5.73 Å². The van der Waals surface area contributed by atoms with Crippen molar-refractivity contribution in [3.8, 4) is 0 Å². The second-order valence-electron chi connectivity index (χ2n) is 3.37.